The summed E-state index contributed by atoms with van der Waals surface area (Å²) in [5, 5.41) is 0. The second-order valence-electron chi connectivity index (χ2n) is 5.37. The van der Waals surface area contributed by atoms with E-state index in [0.717, 1.165) is 35.0 Å². The molecule has 0 N–H and O–H groups in total. The molecule has 0 amide bonds. The van der Waals surface area contributed by atoms with Crippen LogP contribution in [0, 0.1) is 11.8 Å². The van der Waals surface area contributed by atoms with Crippen molar-refractivity contribution in [2.45, 2.75) is 26.2 Å². The molecule has 1 saturated carbocycles. The van der Waals surface area contributed by atoms with Gasteiger partial charge in [-0.2, -0.15) is 0 Å². The zero-order valence-corrected chi connectivity index (χ0v) is 13.6. The fourth-order valence-electron chi connectivity index (χ4n) is 2.76. The smallest absolute Gasteiger partial charge is 0.166 e. The van der Waals surface area contributed by atoms with E-state index in [0.29, 0.717) is 19.1 Å². The first-order chi connectivity index (χ1) is 9.63. The molecule has 2 atom stereocenters. The molecule has 0 aliphatic heterocycles. The molecule has 1 aliphatic carbocycles. The van der Waals surface area contributed by atoms with Crippen LogP contribution < -0.4 is 4.74 Å². The predicted octanol–water partition coefficient (Wildman–Crippen LogP) is 4.09. The molecule has 4 heteroatoms. The molecule has 2 unspecified atom stereocenters. The van der Waals surface area contributed by atoms with E-state index in [1.165, 1.54) is 0 Å². The van der Waals surface area contributed by atoms with Crippen molar-refractivity contribution in [2.75, 3.05) is 20.3 Å². The SMILES string of the molecule is COCCOc1ccc(C(=O)C2CCCC2C)cc1Br. The highest BCUT2D eigenvalue weighted by atomic mass is 79.9. The molecule has 0 radical (unpaired) electrons. The first-order valence-corrected chi connectivity index (χ1v) is 7.88. The average Bonchev–Trinajstić information content (AvgIpc) is 2.86. The number of hydrogen-bond acceptors (Lipinski definition) is 3. The lowest BCUT2D eigenvalue weighted by Crippen LogP contribution is -2.17. The third-order valence-electron chi connectivity index (χ3n) is 3.96. The molecule has 0 spiro atoms. The molecule has 0 aromatic heterocycles. The maximum absolute atomic E-state index is 12.5. The summed E-state index contributed by atoms with van der Waals surface area (Å²) in [5.41, 5.74) is 0.773. The van der Waals surface area contributed by atoms with Crippen LogP contribution in [0.2, 0.25) is 0 Å². The van der Waals surface area contributed by atoms with Gasteiger partial charge in [0.1, 0.15) is 12.4 Å². The van der Waals surface area contributed by atoms with Crippen molar-refractivity contribution < 1.29 is 14.3 Å². The Morgan fingerprint density at radius 1 is 1.35 bits per heavy atom. The van der Waals surface area contributed by atoms with Gasteiger partial charge in [0.2, 0.25) is 0 Å². The summed E-state index contributed by atoms with van der Waals surface area (Å²) < 4.78 is 11.3. The molecule has 3 nitrogen and oxygen atoms in total. The summed E-state index contributed by atoms with van der Waals surface area (Å²) >= 11 is 3.47. The largest absolute Gasteiger partial charge is 0.490 e. The van der Waals surface area contributed by atoms with E-state index in [2.05, 4.69) is 22.9 Å². The second-order valence-corrected chi connectivity index (χ2v) is 6.22. The standard InChI is InChI=1S/C16H21BrO3/c1-11-4-3-5-13(11)16(18)12-6-7-15(14(17)10-12)20-9-8-19-2/h6-7,10-11,13H,3-5,8-9H2,1-2H3. The number of benzene rings is 1. The summed E-state index contributed by atoms with van der Waals surface area (Å²) in [6, 6.07) is 5.59. The molecule has 1 aliphatic rings. The summed E-state index contributed by atoms with van der Waals surface area (Å²) in [6.07, 6.45) is 3.34. The van der Waals surface area contributed by atoms with Crippen LogP contribution in [0.1, 0.15) is 36.5 Å². The topological polar surface area (TPSA) is 35.5 Å². The molecule has 1 fully saturated rings. The van der Waals surface area contributed by atoms with Gasteiger partial charge in [0.25, 0.3) is 0 Å². The van der Waals surface area contributed by atoms with Crippen LogP contribution >= 0.6 is 15.9 Å². The fraction of sp³-hybridized carbons (Fsp3) is 0.562. The van der Waals surface area contributed by atoms with Gasteiger partial charge in [-0.15, -0.1) is 0 Å². The zero-order valence-electron chi connectivity index (χ0n) is 12.0. The summed E-state index contributed by atoms with van der Waals surface area (Å²) in [4.78, 5) is 12.5. The van der Waals surface area contributed by atoms with Crippen LogP contribution in [-0.2, 0) is 4.74 Å². The highest BCUT2D eigenvalue weighted by molar-refractivity contribution is 9.10. The van der Waals surface area contributed by atoms with Crippen molar-refractivity contribution in [2.24, 2.45) is 11.8 Å². The van der Waals surface area contributed by atoms with E-state index in [1.807, 2.05) is 18.2 Å². The van der Waals surface area contributed by atoms with E-state index in [-0.39, 0.29) is 11.7 Å². The van der Waals surface area contributed by atoms with Crippen LogP contribution in [0.3, 0.4) is 0 Å². The third-order valence-corrected chi connectivity index (χ3v) is 4.58. The molecule has 0 bridgehead atoms. The highest BCUT2D eigenvalue weighted by Crippen LogP contribution is 2.35. The number of carbonyl (C=O) groups is 1. The number of hydrogen-bond donors (Lipinski definition) is 0. The van der Waals surface area contributed by atoms with Crippen LogP contribution in [0.25, 0.3) is 0 Å². The second kappa shape index (κ2) is 7.23. The predicted molar refractivity (Wildman–Crippen MR) is 82.3 cm³/mol. The van der Waals surface area contributed by atoms with Crippen molar-refractivity contribution in [3.63, 3.8) is 0 Å². The highest BCUT2D eigenvalue weighted by Gasteiger charge is 2.30. The number of Topliss-reactive ketones (excluding diaryl/α,β-unsaturated/α-hetero) is 1. The molecule has 0 saturated heterocycles. The van der Waals surface area contributed by atoms with Crippen LogP contribution in [0.4, 0.5) is 0 Å². The monoisotopic (exact) mass is 340 g/mol. The lowest BCUT2D eigenvalue weighted by Gasteiger charge is -2.15. The fourth-order valence-corrected chi connectivity index (χ4v) is 3.25. The van der Waals surface area contributed by atoms with E-state index in [9.17, 15) is 4.79 Å². The van der Waals surface area contributed by atoms with Gasteiger partial charge in [0, 0.05) is 18.6 Å². The number of rotatable bonds is 6. The van der Waals surface area contributed by atoms with Crippen LogP contribution in [0.15, 0.2) is 22.7 Å². The van der Waals surface area contributed by atoms with Crippen molar-refractivity contribution in [1.82, 2.24) is 0 Å². The van der Waals surface area contributed by atoms with E-state index < -0.39 is 0 Å². The van der Waals surface area contributed by atoms with Gasteiger partial charge in [-0.3, -0.25) is 4.79 Å². The summed E-state index contributed by atoms with van der Waals surface area (Å²) in [7, 11) is 1.64. The molecule has 20 heavy (non-hydrogen) atoms. The Balaban J connectivity index is 2.06. The Kier molecular flexibility index (Phi) is 5.61. The zero-order chi connectivity index (χ0) is 14.5. The van der Waals surface area contributed by atoms with E-state index in [4.69, 9.17) is 9.47 Å². The van der Waals surface area contributed by atoms with Crippen LogP contribution in [-0.4, -0.2) is 26.1 Å². The molecular formula is C16H21BrO3. The molecule has 0 heterocycles. The summed E-state index contributed by atoms with van der Waals surface area (Å²) in [6.45, 7) is 3.22. The van der Waals surface area contributed by atoms with E-state index in [1.54, 1.807) is 7.11 Å². The average molecular weight is 341 g/mol. The minimum absolute atomic E-state index is 0.183. The molecular weight excluding hydrogens is 320 g/mol. The Bertz CT molecular complexity index is 473. The maximum atomic E-state index is 12.5. The Morgan fingerprint density at radius 2 is 2.15 bits per heavy atom. The lowest BCUT2D eigenvalue weighted by atomic mass is 9.90. The Morgan fingerprint density at radius 3 is 2.75 bits per heavy atom. The lowest BCUT2D eigenvalue weighted by molar-refractivity contribution is 0.0897. The number of carbonyl (C=O) groups excluding carboxylic acids is 1. The normalized spacial score (nSPS) is 21.9. The van der Waals surface area contributed by atoms with Gasteiger partial charge in [0.05, 0.1) is 11.1 Å². The quantitative estimate of drug-likeness (QED) is 0.577. The minimum atomic E-state index is 0.183. The van der Waals surface area contributed by atoms with Crippen molar-refractivity contribution in [3.05, 3.63) is 28.2 Å². The minimum Gasteiger partial charge on any atom is -0.490 e. The maximum Gasteiger partial charge on any atom is 0.166 e. The van der Waals surface area contributed by atoms with Crippen molar-refractivity contribution in [3.8, 4) is 5.75 Å². The van der Waals surface area contributed by atoms with Gasteiger partial charge in [-0.25, -0.2) is 0 Å². The Hall–Kier alpha value is -0.870. The van der Waals surface area contributed by atoms with Gasteiger partial charge < -0.3 is 9.47 Å². The van der Waals surface area contributed by atoms with Gasteiger partial charge in [0.15, 0.2) is 5.78 Å². The van der Waals surface area contributed by atoms with Gasteiger partial charge >= 0.3 is 0 Å². The van der Waals surface area contributed by atoms with E-state index >= 15 is 0 Å². The number of ketones is 1. The van der Waals surface area contributed by atoms with Crippen molar-refractivity contribution >= 4 is 21.7 Å². The number of methoxy groups -OCH3 is 1. The number of halogens is 1. The number of ether oxygens (including phenoxy) is 2. The third kappa shape index (κ3) is 3.61. The molecule has 110 valence electrons. The van der Waals surface area contributed by atoms with Gasteiger partial charge in [-0.05, 0) is 52.9 Å². The van der Waals surface area contributed by atoms with Crippen molar-refractivity contribution in [1.29, 1.82) is 0 Å². The Labute approximate surface area is 128 Å². The first-order valence-electron chi connectivity index (χ1n) is 7.09. The molecule has 1 aromatic rings. The van der Waals surface area contributed by atoms with Gasteiger partial charge in [-0.1, -0.05) is 13.3 Å². The molecule has 1 aromatic carbocycles. The van der Waals surface area contributed by atoms with Crippen LogP contribution in [0.5, 0.6) is 5.75 Å². The first kappa shape index (κ1) is 15.5. The molecule has 2 rings (SSSR count). The summed E-state index contributed by atoms with van der Waals surface area (Å²) in [5.74, 6) is 1.69.